The molecule has 0 spiro atoms. The molecule has 3 aliphatic rings. The van der Waals surface area contributed by atoms with E-state index in [1.165, 1.54) is 0 Å². The minimum absolute atomic E-state index is 0.183. The summed E-state index contributed by atoms with van der Waals surface area (Å²) in [5, 5.41) is 3.60. The first kappa shape index (κ1) is 22.7. The van der Waals surface area contributed by atoms with Gasteiger partial charge in [-0.1, -0.05) is 18.2 Å². The van der Waals surface area contributed by atoms with Gasteiger partial charge < -0.3 is 14.8 Å². The molecule has 0 aliphatic carbocycles. The number of amidine groups is 1. The number of anilines is 1. The lowest BCUT2D eigenvalue weighted by molar-refractivity contribution is 0.354. The van der Waals surface area contributed by atoms with Gasteiger partial charge in [0.25, 0.3) is 5.56 Å². The monoisotopic (exact) mass is 496 g/mol. The van der Waals surface area contributed by atoms with Crippen molar-refractivity contribution in [2.75, 3.05) is 19.5 Å². The number of fused-ring (bicyclic) bond motifs is 4. The topological polar surface area (TPSA) is 133 Å². The first-order chi connectivity index (χ1) is 17.9. The molecule has 37 heavy (non-hydrogen) atoms. The molecule has 0 radical (unpaired) electrons. The highest BCUT2D eigenvalue weighted by atomic mass is 16.5. The molecule has 1 aromatic heterocycles. The number of aromatic amines is 2. The summed E-state index contributed by atoms with van der Waals surface area (Å²) in [6.07, 6.45) is 0. The first-order valence-corrected chi connectivity index (χ1v) is 11.8. The number of nitrogens with zero attached hydrogens (tertiary/aromatic N) is 3. The van der Waals surface area contributed by atoms with Crippen molar-refractivity contribution in [3.8, 4) is 11.5 Å². The molecular weight excluding hydrogens is 472 g/mol. The molecule has 0 saturated heterocycles. The average molecular weight is 497 g/mol. The zero-order valence-electron chi connectivity index (χ0n) is 20.7. The van der Waals surface area contributed by atoms with Crippen LogP contribution >= 0.6 is 0 Å². The number of nitrogens with one attached hydrogen (secondary N) is 3. The highest BCUT2D eigenvalue weighted by Crippen LogP contribution is 2.47. The number of benzene rings is 2. The van der Waals surface area contributed by atoms with Crippen LogP contribution in [0.3, 0.4) is 0 Å². The van der Waals surface area contributed by atoms with Gasteiger partial charge in [0.1, 0.15) is 5.82 Å². The molecule has 2 aromatic carbocycles. The Morgan fingerprint density at radius 1 is 0.838 bits per heavy atom. The van der Waals surface area contributed by atoms with E-state index in [0.717, 1.165) is 39.6 Å². The van der Waals surface area contributed by atoms with E-state index in [1.807, 2.05) is 50.2 Å². The lowest BCUT2D eigenvalue weighted by Gasteiger charge is -2.34. The number of allylic oxidation sites excluding steroid dienone is 1. The second-order valence-corrected chi connectivity index (χ2v) is 9.06. The summed E-state index contributed by atoms with van der Waals surface area (Å²) < 4.78 is 11.0. The predicted molar refractivity (Wildman–Crippen MR) is 143 cm³/mol. The van der Waals surface area contributed by atoms with E-state index in [-0.39, 0.29) is 11.7 Å². The number of ether oxygens (including phenoxy) is 2. The van der Waals surface area contributed by atoms with Crippen LogP contribution in [0.15, 0.2) is 78.3 Å². The van der Waals surface area contributed by atoms with Crippen LogP contribution in [0.5, 0.6) is 11.5 Å². The summed E-state index contributed by atoms with van der Waals surface area (Å²) in [5.41, 5.74) is 4.84. The third-order valence-electron chi connectivity index (χ3n) is 6.90. The molecule has 10 nitrogen and oxygen atoms in total. The van der Waals surface area contributed by atoms with E-state index in [9.17, 15) is 9.59 Å². The number of hydrogen-bond donors (Lipinski definition) is 3. The fraction of sp³-hybridized carbons (Fsp3) is 0.222. The number of aliphatic imine (C=N–C) groups is 3. The van der Waals surface area contributed by atoms with Crippen LogP contribution in [0.4, 0.5) is 17.2 Å². The highest BCUT2D eigenvalue weighted by molar-refractivity contribution is 6.21. The van der Waals surface area contributed by atoms with Crippen LogP contribution in [0.25, 0.3) is 0 Å². The van der Waals surface area contributed by atoms with E-state index in [0.29, 0.717) is 22.9 Å². The van der Waals surface area contributed by atoms with Crippen LogP contribution < -0.4 is 26.0 Å². The summed E-state index contributed by atoms with van der Waals surface area (Å²) in [6.45, 7) is 3.91. The maximum absolute atomic E-state index is 13.3. The average Bonchev–Trinajstić information content (AvgIpc) is 3.02. The highest BCUT2D eigenvalue weighted by Gasteiger charge is 2.41. The predicted octanol–water partition coefficient (Wildman–Crippen LogP) is 3.82. The molecule has 4 heterocycles. The molecule has 3 aliphatic heterocycles. The van der Waals surface area contributed by atoms with Crippen LogP contribution in [0, 0.1) is 5.92 Å². The van der Waals surface area contributed by atoms with Crippen molar-refractivity contribution in [2.45, 2.75) is 19.8 Å². The summed E-state index contributed by atoms with van der Waals surface area (Å²) >= 11 is 0. The molecule has 6 rings (SSSR count). The normalized spacial score (nSPS) is 19.6. The van der Waals surface area contributed by atoms with Gasteiger partial charge in [-0.3, -0.25) is 19.8 Å². The van der Waals surface area contributed by atoms with Crippen LogP contribution in [0.2, 0.25) is 0 Å². The molecular formula is C27H24N6O4. The minimum atomic E-state index is -0.630. The molecule has 3 aromatic rings. The van der Waals surface area contributed by atoms with Gasteiger partial charge in [0.2, 0.25) is 0 Å². The molecule has 0 fully saturated rings. The van der Waals surface area contributed by atoms with Crippen molar-refractivity contribution in [1.82, 2.24) is 9.97 Å². The standard InChI is InChI=1S/C27H24N6O4/c1-12-19-13(2)29-24-21(23(19)30-16-8-6-5-7-15(16)28-12)20(14-9-10-17(36-3)18(11-14)37-4)22-25(31-24)32-27(35)33-26(22)34/h5-11,19-20,30H,1-4H3,(H2,32,33,34,35). The fourth-order valence-corrected chi connectivity index (χ4v) is 5.33. The van der Waals surface area contributed by atoms with Crippen molar-refractivity contribution in [1.29, 1.82) is 0 Å². The Balaban J connectivity index is 1.70. The zero-order valence-corrected chi connectivity index (χ0v) is 20.7. The van der Waals surface area contributed by atoms with Gasteiger partial charge >= 0.3 is 5.69 Å². The third-order valence-corrected chi connectivity index (χ3v) is 6.90. The SMILES string of the molecule is COc1ccc(C2C3=C4Nc5ccccc5N=C(C)C4C(C)=NC3=Nc3[nH]c(=O)[nH]c(=O)c32)cc1OC. The van der Waals surface area contributed by atoms with Crippen molar-refractivity contribution >= 4 is 34.5 Å². The number of H-pyrrole nitrogens is 2. The number of rotatable bonds is 3. The molecule has 186 valence electrons. The van der Waals surface area contributed by atoms with Gasteiger partial charge in [-0.2, -0.15) is 0 Å². The maximum Gasteiger partial charge on any atom is 0.327 e. The van der Waals surface area contributed by atoms with E-state index < -0.39 is 17.2 Å². The number of dihydropyridines is 1. The second kappa shape index (κ2) is 8.44. The number of aromatic nitrogens is 2. The Bertz CT molecular complexity index is 1710. The van der Waals surface area contributed by atoms with Crippen LogP contribution in [0.1, 0.15) is 30.9 Å². The van der Waals surface area contributed by atoms with E-state index in [4.69, 9.17) is 19.5 Å². The van der Waals surface area contributed by atoms with E-state index >= 15 is 0 Å². The van der Waals surface area contributed by atoms with Crippen molar-refractivity contribution < 1.29 is 9.47 Å². The number of para-hydroxylation sites is 2. The molecule has 10 heteroatoms. The van der Waals surface area contributed by atoms with Gasteiger partial charge in [0, 0.05) is 28.6 Å². The Labute approximate surface area is 211 Å². The van der Waals surface area contributed by atoms with Crippen molar-refractivity contribution in [3.63, 3.8) is 0 Å². The van der Waals surface area contributed by atoms with Gasteiger partial charge in [0.15, 0.2) is 17.3 Å². The molecule has 0 amide bonds. The van der Waals surface area contributed by atoms with Gasteiger partial charge in [-0.25, -0.2) is 14.8 Å². The minimum Gasteiger partial charge on any atom is -0.493 e. The third kappa shape index (κ3) is 3.52. The van der Waals surface area contributed by atoms with E-state index in [2.05, 4.69) is 20.3 Å². The Kier molecular flexibility index (Phi) is 5.18. The Hall–Kier alpha value is -4.73. The lowest BCUT2D eigenvalue weighted by atomic mass is 9.77. The largest absolute Gasteiger partial charge is 0.493 e. The molecule has 2 atom stereocenters. The maximum atomic E-state index is 13.3. The van der Waals surface area contributed by atoms with Gasteiger partial charge in [-0.15, -0.1) is 0 Å². The summed E-state index contributed by atoms with van der Waals surface area (Å²) in [4.78, 5) is 44.9. The Morgan fingerprint density at radius 3 is 2.38 bits per heavy atom. The number of methoxy groups -OCH3 is 2. The van der Waals surface area contributed by atoms with Crippen LogP contribution in [-0.2, 0) is 0 Å². The van der Waals surface area contributed by atoms with Crippen LogP contribution in [-0.4, -0.2) is 41.4 Å². The quantitative estimate of drug-likeness (QED) is 0.507. The lowest BCUT2D eigenvalue weighted by Crippen LogP contribution is -2.37. The fourth-order valence-electron chi connectivity index (χ4n) is 5.33. The molecule has 2 unspecified atom stereocenters. The summed E-state index contributed by atoms with van der Waals surface area (Å²) in [5.74, 6) is 0.833. The summed E-state index contributed by atoms with van der Waals surface area (Å²) in [6, 6.07) is 13.3. The molecule has 0 bridgehead atoms. The first-order valence-electron chi connectivity index (χ1n) is 11.8. The number of hydrogen-bond acceptors (Lipinski definition) is 8. The van der Waals surface area contributed by atoms with Gasteiger partial charge in [0.05, 0.1) is 37.1 Å². The zero-order chi connectivity index (χ0) is 25.8. The van der Waals surface area contributed by atoms with Gasteiger partial charge in [-0.05, 0) is 43.7 Å². The Morgan fingerprint density at radius 2 is 1.59 bits per heavy atom. The second-order valence-electron chi connectivity index (χ2n) is 9.06. The van der Waals surface area contributed by atoms with E-state index in [1.54, 1.807) is 20.3 Å². The van der Waals surface area contributed by atoms with Crippen molar-refractivity contribution in [2.24, 2.45) is 20.9 Å². The molecule has 0 saturated carbocycles. The molecule has 3 N–H and O–H groups in total. The van der Waals surface area contributed by atoms with Crippen molar-refractivity contribution in [3.05, 3.63) is 85.7 Å². The smallest absolute Gasteiger partial charge is 0.327 e. The summed E-state index contributed by atoms with van der Waals surface area (Å²) in [7, 11) is 3.12.